The molecule has 0 amide bonds. The van der Waals surface area contributed by atoms with E-state index < -0.39 is 40.8 Å². The Hall–Kier alpha value is -4.02. The van der Waals surface area contributed by atoms with Crippen molar-refractivity contribution in [2.24, 2.45) is 0 Å². The first-order chi connectivity index (χ1) is 15.8. The van der Waals surface area contributed by atoms with Gasteiger partial charge in [-0.15, -0.1) is 0 Å². The average molecular weight is 461 g/mol. The number of pyridine rings is 1. The number of nitrogens with zero attached hydrogens (tertiary/aromatic N) is 3. The Kier molecular flexibility index (Phi) is 5.95. The number of aryl methyl sites for hydroxylation is 1. The summed E-state index contributed by atoms with van der Waals surface area (Å²) in [7, 11) is 0. The van der Waals surface area contributed by atoms with Gasteiger partial charge in [0, 0.05) is 6.54 Å². The number of halogens is 5. The van der Waals surface area contributed by atoms with Crippen LogP contribution in [0.5, 0.6) is 11.6 Å². The molecule has 2 heterocycles. The Morgan fingerprint density at radius 3 is 2.48 bits per heavy atom. The number of benzene rings is 2. The summed E-state index contributed by atoms with van der Waals surface area (Å²) in [6.07, 6.45) is 1.61. The number of hydrogen-bond donors (Lipinski definition) is 2. The lowest BCUT2D eigenvalue weighted by atomic mass is 10.1. The number of nitrogens with two attached hydrogens (primary N) is 1. The molecular weight excluding hydrogens is 445 g/mol. The number of hydrogen-bond acceptors (Lipinski definition) is 6. The lowest BCUT2D eigenvalue weighted by Gasteiger charge is -2.12. The Morgan fingerprint density at radius 2 is 1.73 bits per heavy atom. The van der Waals surface area contributed by atoms with Gasteiger partial charge in [-0.1, -0.05) is 12.1 Å². The predicted molar refractivity (Wildman–Crippen MR) is 111 cm³/mol. The summed E-state index contributed by atoms with van der Waals surface area (Å²) >= 11 is 0. The SMILES string of the molecule is Cc1cc(CCNc2ncnc3c(F)ccc(F)c23)ccc1Oc1nc(F)c(F)c(N)c1F. The zero-order valence-corrected chi connectivity index (χ0v) is 17.1. The largest absolute Gasteiger partial charge is 0.436 e. The van der Waals surface area contributed by atoms with E-state index in [0.717, 1.165) is 24.0 Å². The van der Waals surface area contributed by atoms with Gasteiger partial charge in [-0.25, -0.2) is 18.7 Å². The number of aromatic nitrogens is 3. The summed E-state index contributed by atoms with van der Waals surface area (Å²) in [5.41, 5.74) is 5.44. The van der Waals surface area contributed by atoms with E-state index in [1.165, 1.54) is 6.07 Å². The summed E-state index contributed by atoms with van der Waals surface area (Å²) < 4.78 is 74.1. The van der Waals surface area contributed by atoms with E-state index in [9.17, 15) is 22.0 Å². The molecule has 0 aliphatic carbocycles. The van der Waals surface area contributed by atoms with E-state index >= 15 is 0 Å². The second kappa shape index (κ2) is 8.85. The maximum Gasteiger partial charge on any atom is 0.261 e. The molecule has 11 heteroatoms. The molecule has 0 bridgehead atoms. The third-order valence-corrected chi connectivity index (χ3v) is 4.88. The van der Waals surface area contributed by atoms with Crippen molar-refractivity contribution in [1.82, 2.24) is 15.0 Å². The van der Waals surface area contributed by atoms with Crippen molar-refractivity contribution in [2.75, 3.05) is 17.6 Å². The van der Waals surface area contributed by atoms with Gasteiger partial charge >= 0.3 is 0 Å². The first kappa shape index (κ1) is 22.2. The molecule has 4 aromatic rings. The quantitative estimate of drug-likeness (QED) is 0.309. The molecule has 6 nitrogen and oxygen atoms in total. The van der Waals surface area contributed by atoms with Crippen molar-refractivity contribution < 1.29 is 26.7 Å². The van der Waals surface area contributed by atoms with E-state index in [2.05, 4.69) is 20.3 Å². The summed E-state index contributed by atoms with van der Waals surface area (Å²) in [6, 6.07) is 6.92. The minimum absolute atomic E-state index is 0.0437. The van der Waals surface area contributed by atoms with Crippen LogP contribution in [0.25, 0.3) is 10.9 Å². The number of fused-ring (bicyclic) bond motifs is 1. The van der Waals surface area contributed by atoms with Crippen LogP contribution in [0, 0.1) is 36.1 Å². The predicted octanol–water partition coefficient (Wildman–Crippen LogP) is 5.06. The Labute approximate surface area is 184 Å². The summed E-state index contributed by atoms with van der Waals surface area (Å²) in [5, 5.41) is 2.92. The summed E-state index contributed by atoms with van der Waals surface area (Å²) in [6.45, 7) is 2.00. The van der Waals surface area contributed by atoms with E-state index in [4.69, 9.17) is 10.5 Å². The second-order valence-electron chi connectivity index (χ2n) is 7.10. The van der Waals surface area contributed by atoms with E-state index in [-0.39, 0.29) is 22.5 Å². The van der Waals surface area contributed by atoms with Crippen LogP contribution in [0.15, 0.2) is 36.7 Å². The van der Waals surface area contributed by atoms with Crippen molar-refractivity contribution in [3.05, 3.63) is 77.0 Å². The first-order valence-electron chi connectivity index (χ1n) is 9.66. The molecule has 0 radical (unpaired) electrons. The number of nitrogens with one attached hydrogen (secondary N) is 1. The number of nitrogen functional groups attached to an aromatic ring is 1. The van der Waals surface area contributed by atoms with Crippen LogP contribution >= 0.6 is 0 Å². The van der Waals surface area contributed by atoms with Gasteiger partial charge in [-0.3, -0.25) is 0 Å². The number of rotatable bonds is 6. The first-order valence-corrected chi connectivity index (χ1v) is 9.66. The molecule has 2 aromatic carbocycles. The van der Waals surface area contributed by atoms with Gasteiger partial charge in [0.2, 0.25) is 11.6 Å². The van der Waals surface area contributed by atoms with Gasteiger partial charge in [0.05, 0.1) is 5.39 Å². The minimum Gasteiger partial charge on any atom is -0.436 e. The highest BCUT2D eigenvalue weighted by atomic mass is 19.2. The number of ether oxygens (including phenoxy) is 1. The van der Waals surface area contributed by atoms with Gasteiger partial charge < -0.3 is 15.8 Å². The molecule has 3 N–H and O–H groups in total. The van der Waals surface area contributed by atoms with Crippen molar-refractivity contribution in [3.63, 3.8) is 0 Å². The number of anilines is 2. The van der Waals surface area contributed by atoms with Gasteiger partial charge in [0.1, 0.15) is 40.7 Å². The molecular formula is C22H16F5N5O. The van der Waals surface area contributed by atoms with Gasteiger partial charge in [0.15, 0.2) is 0 Å². The van der Waals surface area contributed by atoms with E-state index in [0.29, 0.717) is 18.5 Å². The molecule has 0 aliphatic rings. The maximum atomic E-state index is 14.2. The fourth-order valence-corrected chi connectivity index (χ4v) is 3.22. The van der Waals surface area contributed by atoms with E-state index in [1.807, 2.05) is 0 Å². The fourth-order valence-electron chi connectivity index (χ4n) is 3.22. The lowest BCUT2D eigenvalue weighted by Crippen LogP contribution is -2.08. The van der Waals surface area contributed by atoms with Crippen LogP contribution in [-0.4, -0.2) is 21.5 Å². The Bertz CT molecular complexity index is 1370. The van der Waals surface area contributed by atoms with Crippen LogP contribution < -0.4 is 15.8 Å². The minimum atomic E-state index is -1.58. The normalized spacial score (nSPS) is 11.1. The Balaban J connectivity index is 1.47. The van der Waals surface area contributed by atoms with Crippen molar-refractivity contribution in [2.45, 2.75) is 13.3 Å². The summed E-state index contributed by atoms with van der Waals surface area (Å²) in [4.78, 5) is 10.9. The van der Waals surface area contributed by atoms with Gasteiger partial charge in [-0.05, 0) is 42.7 Å². The maximum absolute atomic E-state index is 14.2. The second-order valence-corrected chi connectivity index (χ2v) is 7.10. The van der Waals surface area contributed by atoms with Crippen molar-refractivity contribution in [1.29, 1.82) is 0 Å². The molecule has 0 spiro atoms. The van der Waals surface area contributed by atoms with Crippen molar-refractivity contribution >= 4 is 22.4 Å². The van der Waals surface area contributed by atoms with Crippen LogP contribution in [0.3, 0.4) is 0 Å². The molecule has 0 saturated heterocycles. The molecule has 0 atom stereocenters. The topological polar surface area (TPSA) is 86.0 Å². The molecule has 0 unspecified atom stereocenters. The van der Waals surface area contributed by atoms with Crippen LogP contribution in [0.4, 0.5) is 33.5 Å². The van der Waals surface area contributed by atoms with E-state index in [1.54, 1.807) is 19.1 Å². The highest BCUT2D eigenvalue weighted by Crippen LogP contribution is 2.31. The van der Waals surface area contributed by atoms with Crippen LogP contribution in [-0.2, 0) is 6.42 Å². The molecule has 2 aromatic heterocycles. The Morgan fingerprint density at radius 1 is 0.970 bits per heavy atom. The molecule has 0 aliphatic heterocycles. The zero-order valence-electron chi connectivity index (χ0n) is 17.1. The standard InChI is InChI=1S/C22H16F5N5O/c1-10-8-11(2-5-14(10)33-22-17(26)18(28)16(25)20(27)32-22)6-7-29-21-15-12(23)3-4-13(24)19(15)30-9-31-21/h2-5,8-9H,6-7H2,1H3,(H2,28,32)(H,29,30,31). The molecule has 4 rings (SSSR count). The summed E-state index contributed by atoms with van der Waals surface area (Å²) in [5.74, 6) is -6.22. The van der Waals surface area contributed by atoms with Crippen LogP contribution in [0.1, 0.15) is 11.1 Å². The molecule has 33 heavy (non-hydrogen) atoms. The molecule has 0 fully saturated rings. The fraction of sp³-hybridized carbons (Fsp3) is 0.136. The highest BCUT2D eigenvalue weighted by molar-refractivity contribution is 5.89. The van der Waals surface area contributed by atoms with Gasteiger partial charge in [-0.2, -0.15) is 18.2 Å². The lowest BCUT2D eigenvalue weighted by molar-refractivity contribution is 0.389. The third-order valence-electron chi connectivity index (χ3n) is 4.88. The van der Waals surface area contributed by atoms with Crippen LogP contribution in [0.2, 0.25) is 0 Å². The highest BCUT2D eigenvalue weighted by Gasteiger charge is 2.20. The third kappa shape index (κ3) is 4.34. The smallest absolute Gasteiger partial charge is 0.261 e. The molecule has 0 saturated carbocycles. The zero-order chi connectivity index (χ0) is 23.7. The monoisotopic (exact) mass is 461 g/mol. The average Bonchev–Trinajstić information content (AvgIpc) is 2.80. The molecule has 170 valence electrons. The van der Waals surface area contributed by atoms with Gasteiger partial charge in [0.25, 0.3) is 11.8 Å². The van der Waals surface area contributed by atoms with Crippen molar-refractivity contribution in [3.8, 4) is 11.6 Å².